The van der Waals surface area contributed by atoms with Crippen LogP contribution in [-0.4, -0.2) is 71.6 Å². The van der Waals surface area contributed by atoms with E-state index in [9.17, 15) is 0 Å². The molecule has 27 heavy (non-hydrogen) atoms. The zero-order chi connectivity index (χ0) is 19.5. The summed E-state index contributed by atoms with van der Waals surface area (Å²) in [6.45, 7) is 9.69. The Morgan fingerprint density at radius 3 is 2.67 bits per heavy atom. The molecule has 2 N–H and O–H groups in total. The lowest BCUT2D eigenvalue weighted by atomic mass is 10.0. The van der Waals surface area contributed by atoms with Gasteiger partial charge in [-0.2, -0.15) is 0 Å². The number of nitrogens with zero attached hydrogens (tertiary/aromatic N) is 5. The second kappa shape index (κ2) is 11.9. The number of rotatable bonds is 10. The minimum absolute atomic E-state index is 0.514. The number of hydrogen-bond donors (Lipinski definition) is 2. The van der Waals surface area contributed by atoms with Crippen LogP contribution in [0.25, 0.3) is 0 Å². The molecule has 8 nitrogen and oxygen atoms in total. The Balaban J connectivity index is 1.79. The number of aromatic nitrogens is 3. The van der Waals surface area contributed by atoms with Crippen molar-refractivity contribution >= 4 is 5.96 Å². The minimum Gasteiger partial charge on any atom is -0.385 e. The average Bonchev–Trinajstić information content (AvgIpc) is 2.99. The van der Waals surface area contributed by atoms with Gasteiger partial charge in [0, 0.05) is 46.4 Å². The summed E-state index contributed by atoms with van der Waals surface area (Å²) in [6.07, 6.45) is 6.11. The largest absolute Gasteiger partial charge is 0.385 e. The summed E-state index contributed by atoms with van der Waals surface area (Å²) in [7, 11) is 3.70. The highest BCUT2D eigenvalue weighted by atomic mass is 16.5. The van der Waals surface area contributed by atoms with Crippen LogP contribution in [-0.2, 0) is 18.3 Å². The lowest BCUT2D eigenvalue weighted by Gasteiger charge is -2.33. The maximum Gasteiger partial charge on any atom is 0.191 e. The number of piperidine rings is 1. The number of ether oxygens (including phenoxy) is 1. The molecule has 1 saturated heterocycles. The predicted molar refractivity (Wildman–Crippen MR) is 109 cm³/mol. The van der Waals surface area contributed by atoms with Gasteiger partial charge in [0.2, 0.25) is 0 Å². The van der Waals surface area contributed by atoms with Gasteiger partial charge in [-0.05, 0) is 46.1 Å². The number of aryl methyl sites for hydroxylation is 1. The molecule has 1 aromatic rings. The van der Waals surface area contributed by atoms with E-state index in [4.69, 9.17) is 4.74 Å². The Labute approximate surface area is 163 Å². The summed E-state index contributed by atoms with van der Waals surface area (Å²) in [5.41, 5.74) is 0. The molecule has 1 fully saturated rings. The zero-order valence-corrected chi connectivity index (χ0v) is 17.5. The molecule has 0 spiro atoms. The van der Waals surface area contributed by atoms with Crippen LogP contribution in [0.15, 0.2) is 4.99 Å². The lowest BCUT2D eigenvalue weighted by molar-refractivity contribution is 0.159. The van der Waals surface area contributed by atoms with Gasteiger partial charge in [-0.25, -0.2) is 4.99 Å². The van der Waals surface area contributed by atoms with Crippen molar-refractivity contribution < 1.29 is 4.74 Å². The highest BCUT2D eigenvalue weighted by Gasteiger charge is 2.17. The van der Waals surface area contributed by atoms with E-state index in [0.29, 0.717) is 6.54 Å². The predicted octanol–water partition coefficient (Wildman–Crippen LogP) is 1.46. The molecule has 1 aliphatic heterocycles. The summed E-state index contributed by atoms with van der Waals surface area (Å²) in [5.74, 6) is 2.60. The van der Waals surface area contributed by atoms with Gasteiger partial charge in [-0.3, -0.25) is 0 Å². The van der Waals surface area contributed by atoms with E-state index >= 15 is 0 Å². The fourth-order valence-corrected chi connectivity index (χ4v) is 3.31. The van der Waals surface area contributed by atoms with Crippen LogP contribution < -0.4 is 10.6 Å². The number of likely N-dealkylation sites (tertiary alicyclic amines) is 1. The minimum atomic E-state index is 0.514. The molecule has 0 aromatic carbocycles. The van der Waals surface area contributed by atoms with E-state index in [1.807, 2.05) is 18.5 Å². The SMILES string of the molecule is COCCCNC(=NCc1nnc(C)n1C)NCCCN1CCCCC1C. The van der Waals surface area contributed by atoms with Crippen molar-refractivity contribution in [1.29, 1.82) is 0 Å². The highest BCUT2D eigenvalue weighted by molar-refractivity contribution is 5.79. The summed E-state index contributed by atoms with van der Waals surface area (Å²) in [6, 6.07) is 0.721. The van der Waals surface area contributed by atoms with E-state index < -0.39 is 0 Å². The number of hydrogen-bond acceptors (Lipinski definition) is 5. The quantitative estimate of drug-likeness (QED) is 0.364. The normalized spacial score (nSPS) is 18.7. The highest BCUT2D eigenvalue weighted by Crippen LogP contribution is 2.16. The average molecular weight is 380 g/mol. The van der Waals surface area contributed by atoms with E-state index in [0.717, 1.165) is 62.7 Å². The molecule has 2 rings (SSSR count). The number of guanidine groups is 1. The Morgan fingerprint density at radius 1 is 1.22 bits per heavy atom. The second-order valence-electron chi connectivity index (χ2n) is 7.32. The topological polar surface area (TPSA) is 79.6 Å². The van der Waals surface area contributed by atoms with E-state index in [1.54, 1.807) is 7.11 Å². The van der Waals surface area contributed by atoms with Crippen molar-refractivity contribution in [3.05, 3.63) is 11.6 Å². The molecule has 0 saturated carbocycles. The van der Waals surface area contributed by atoms with Crippen molar-refractivity contribution in [1.82, 2.24) is 30.3 Å². The molecule has 1 unspecified atom stereocenters. The molecule has 0 radical (unpaired) electrons. The van der Waals surface area contributed by atoms with E-state index in [1.165, 1.54) is 25.8 Å². The first-order valence-corrected chi connectivity index (χ1v) is 10.2. The van der Waals surface area contributed by atoms with Gasteiger partial charge >= 0.3 is 0 Å². The van der Waals surface area contributed by atoms with Gasteiger partial charge in [0.1, 0.15) is 12.4 Å². The molecule has 154 valence electrons. The van der Waals surface area contributed by atoms with Gasteiger partial charge in [0.05, 0.1) is 0 Å². The Kier molecular flexibility index (Phi) is 9.55. The fraction of sp³-hybridized carbons (Fsp3) is 0.842. The van der Waals surface area contributed by atoms with Crippen molar-refractivity contribution in [2.75, 3.05) is 39.9 Å². The molecule has 0 aliphatic carbocycles. The number of nitrogens with one attached hydrogen (secondary N) is 2. The van der Waals surface area contributed by atoms with Crippen LogP contribution in [0.2, 0.25) is 0 Å². The fourth-order valence-electron chi connectivity index (χ4n) is 3.31. The van der Waals surface area contributed by atoms with Crippen molar-refractivity contribution in [3.63, 3.8) is 0 Å². The van der Waals surface area contributed by atoms with Gasteiger partial charge < -0.3 is 24.8 Å². The first-order valence-electron chi connectivity index (χ1n) is 10.2. The zero-order valence-electron chi connectivity index (χ0n) is 17.5. The molecule has 2 heterocycles. The lowest BCUT2D eigenvalue weighted by Crippen LogP contribution is -2.41. The van der Waals surface area contributed by atoms with Crippen LogP contribution in [0.3, 0.4) is 0 Å². The van der Waals surface area contributed by atoms with Gasteiger partial charge in [-0.1, -0.05) is 6.42 Å². The van der Waals surface area contributed by atoms with Gasteiger partial charge in [-0.15, -0.1) is 10.2 Å². The maximum absolute atomic E-state index is 5.12. The second-order valence-corrected chi connectivity index (χ2v) is 7.32. The van der Waals surface area contributed by atoms with Gasteiger partial charge in [0.15, 0.2) is 11.8 Å². The summed E-state index contributed by atoms with van der Waals surface area (Å²) in [4.78, 5) is 7.29. The first kappa shape index (κ1) is 21.6. The van der Waals surface area contributed by atoms with Crippen molar-refractivity contribution in [2.24, 2.45) is 12.0 Å². The molecular formula is C19H37N7O. The Morgan fingerprint density at radius 2 is 2.00 bits per heavy atom. The summed E-state index contributed by atoms with van der Waals surface area (Å²) < 4.78 is 7.10. The van der Waals surface area contributed by atoms with Crippen LogP contribution in [0.5, 0.6) is 0 Å². The Hall–Kier alpha value is -1.67. The maximum atomic E-state index is 5.12. The molecule has 1 atom stereocenters. The summed E-state index contributed by atoms with van der Waals surface area (Å²) >= 11 is 0. The van der Waals surface area contributed by atoms with Crippen LogP contribution in [0.1, 0.15) is 50.7 Å². The van der Waals surface area contributed by atoms with E-state index in [2.05, 4.69) is 37.6 Å². The number of aliphatic imine (C=N–C) groups is 1. The molecule has 8 heteroatoms. The molecule has 1 aliphatic rings. The first-order chi connectivity index (χ1) is 13.1. The van der Waals surface area contributed by atoms with E-state index in [-0.39, 0.29) is 0 Å². The van der Waals surface area contributed by atoms with Gasteiger partial charge in [0.25, 0.3) is 0 Å². The van der Waals surface area contributed by atoms with Crippen molar-refractivity contribution in [2.45, 2.75) is 58.5 Å². The van der Waals surface area contributed by atoms with Crippen LogP contribution >= 0.6 is 0 Å². The third-order valence-corrected chi connectivity index (χ3v) is 5.23. The van der Waals surface area contributed by atoms with Crippen LogP contribution in [0.4, 0.5) is 0 Å². The smallest absolute Gasteiger partial charge is 0.191 e. The number of methoxy groups -OCH3 is 1. The van der Waals surface area contributed by atoms with Crippen LogP contribution in [0, 0.1) is 6.92 Å². The Bertz CT molecular complexity index is 572. The molecular weight excluding hydrogens is 342 g/mol. The molecule has 0 bridgehead atoms. The third-order valence-electron chi connectivity index (χ3n) is 5.23. The van der Waals surface area contributed by atoms with Crippen molar-refractivity contribution in [3.8, 4) is 0 Å². The standard InChI is InChI=1S/C19H37N7O/c1-16-9-5-6-12-26(16)13-7-10-20-19(21-11-8-14-27-4)22-15-18-24-23-17(2)25(18)3/h16H,5-15H2,1-4H3,(H2,20,21,22). The molecule has 1 aromatic heterocycles. The monoisotopic (exact) mass is 379 g/mol. The third kappa shape index (κ3) is 7.46. The summed E-state index contributed by atoms with van der Waals surface area (Å²) in [5, 5.41) is 15.1. The molecule has 0 amide bonds.